The topological polar surface area (TPSA) is 23.5 Å². The van der Waals surface area contributed by atoms with Crippen LogP contribution in [-0.4, -0.2) is 12.2 Å². The summed E-state index contributed by atoms with van der Waals surface area (Å²) < 4.78 is 0. The summed E-state index contributed by atoms with van der Waals surface area (Å²) in [7, 11) is 1.96. The molecule has 0 amide bonds. The van der Waals surface area contributed by atoms with Crippen LogP contribution >= 0.6 is 11.6 Å². The van der Waals surface area contributed by atoms with Gasteiger partial charge in [-0.15, -0.1) is 0 Å². The van der Waals surface area contributed by atoms with Gasteiger partial charge in [0, 0.05) is 29.0 Å². The molecule has 0 atom stereocenters. The number of nitrogens with zero attached hydrogens (tertiary/aromatic N) is 1. The summed E-state index contributed by atoms with van der Waals surface area (Å²) in [6, 6.07) is 15.6. The molecule has 0 aliphatic heterocycles. The smallest absolute Gasteiger partial charge is 0.0716 e. The van der Waals surface area contributed by atoms with Crippen LogP contribution in [0.1, 0.15) is 5.56 Å². The zero-order chi connectivity index (χ0) is 12.3. The second-order valence-electron chi connectivity index (χ2n) is 3.79. The molecule has 0 heterocycles. The van der Waals surface area contributed by atoms with Crippen LogP contribution in [-0.2, 0) is 6.61 Å². The Morgan fingerprint density at radius 1 is 1.06 bits per heavy atom. The van der Waals surface area contributed by atoms with Crippen LogP contribution in [0.15, 0.2) is 48.5 Å². The molecular weight excluding hydrogens is 234 g/mol. The maximum atomic E-state index is 9.38. The summed E-state index contributed by atoms with van der Waals surface area (Å²) in [5.74, 6) is 0. The van der Waals surface area contributed by atoms with Gasteiger partial charge in [-0.05, 0) is 24.3 Å². The van der Waals surface area contributed by atoms with E-state index in [1.807, 2.05) is 54.4 Å². The van der Waals surface area contributed by atoms with Gasteiger partial charge in [-0.2, -0.15) is 0 Å². The van der Waals surface area contributed by atoms with Crippen LogP contribution in [0.25, 0.3) is 0 Å². The highest BCUT2D eigenvalue weighted by Gasteiger charge is 2.10. The highest BCUT2D eigenvalue weighted by molar-refractivity contribution is 6.31. The molecule has 2 rings (SSSR count). The Labute approximate surface area is 106 Å². The van der Waals surface area contributed by atoms with Crippen molar-refractivity contribution in [3.8, 4) is 0 Å². The molecule has 0 spiro atoms. The number of aliphatic hydroxyl groups is 1. The number of hydrogen-bond acceptors (Lipinski definition) is 2. The van der Waals surface area contributed by atoms with Gasteiger partial charge in [0.1, 0.15) is 0 Å². The van der Waals surface area contributed by atoms with Crippen LogP contribution in [0.3, 0.4) is 0 Å². The van der Waals surface area contributed by atoms with Gasteiger partial charge >= 0.3 is 0 Å². The van der Waals surface area contributed by atoms with E-state index in [2.05, 4.69) is 0 Å². The molecule has 0 saturated heterocycles. The van der Waals surface area contributed by atoms with Crippen molar-refractivity contribution >= 4 is 23.0 Å². The third kappa shape index (κ3) is 2.43. The lowest BCUT2D eigenvalue weighted by Crippen LogP contribution is -2.11. The lowest BCUT2D eigenvalue weighted by Gasteiger charge is -2.22. The molecule has 17 heavy (non-hydrogen) atoms. The van der Waals surface area contributed by atoms with Gasteiger partial charge in [0.05, 0.1) is 6.61 Å². The van der Waals surface area contributed by atoms with Crippen LogP contribution < -0.4 is 4.90 Å². The van der Waals surface area contributed by atoms with E-state index >= 15 is 0 Å². The van der Waals surface area contributed by atoms with Crippen molar-refractivity contribution in [3.05, 3.63) is 59.1 Å². The Morgan fingerprint density at radius 2 is 1.76 bits per heavy atom. The first-order chi connectivity index (χ1) is 8.24. The van der Waals surface area contributed by atoms with Gasteiger partial charge < -0.3 is 10.0 Å². The zero-order valence-corrected chi connectivity index (χ0v) is 10.4. The number of rotatable bonds is 3. The first-order valence-electron chi connectivity index (χ1n) is 5.41. The molecule has 0 unspecified atom stereocenters. The Bertz CT molecular complexity index is 499. The molecule has 0 aliphatic carbocycles. The molecule has 0 aliphatic rings. The average Bonchev–Trinajstić information content (AvgIpc) is 2.38. The quantitative estimate of drug-likeness (QED) is 0.896. The molecule has 0 saturated carbocycles. The van der Waals surface area contributed by atoms with Gasteiger partial charge in [-0.1, -0.05) is 35.9 Å². The molecule has 2 aromatic carbocycles. The molecule has 0 fully saturated rings. The summed E-state index contributed by atoms with van der Waals surface area (Å²) in [6.07, 6.45) is 0. The van der Waals surface area contributed by atoms with E-state index in [9.17, 15) is 5.11 Å². The zero-order valence-electron chi connectivity index (χ0n) is 9.60. The van der Waals surface area contributed by atoms with E-state index in [1.54, 1.807) is 6.07 Å². The largest absolute Gasteiger partial charge is 0.392 e. The van der Waals surface area contributed by atoms with E-state index in [1.165, 1.54) is 0 Å². The fraction of sp³-hybridized carbons (Fsp3) is 0.143. The third-order valence-corrected chi connectivity index (χ3v) is 3.11. The molecule has 1 N–H and O–H groups in total. The van der Waals surface area contributed by atoms with E-state index in [4.69, 9.17) is 11.6 Å². The van der Waals surface area contributed by atoms with Crippen molar-refractivity contribution in [3.63, 3.8) is 0 Å². The summed E-state index contributed by atoms with van der Waals surface area (Å²) >= 11 is 6.07. The predicted molar refractivity (Wildman–Crippen MR) is 71.9 cm³/mol. The summed E-state index contributed by atoms with van der Waals surface area (Å²) in [6.45, 7) is -0.0633. The van der Waals surface area contributed by atoms with Crippen molar-refractivity contribution < 1.29 is 5.11 Å². The molecule has 88 valence electrons. The van der Waals surface area contributed by atoms with Crippen molar-refractivity contribution in [1.29, 1.82) is 0 Å². The molecule has 0 aromatic heterocycles. The van der Waals surface area contributed by atoms with Crippen LogP contribution in [0.2, 0.25) is 5.02 Å². The highest BCUT2D eigenvalue weighted by atomic mass is 35.5. The maximum Gasteiger partial charge on any atom is 0.0716 e. The van der Waals surface area contributed by atoms with Crippen molar-refractivity contribution in [2.24, 2.45) is 0 Å². The number of benzene rings is 2. The van der Waals surface area contributed by atoms with Crippen molar-refractivity contribution in [2.75, 3.05) is 11.9 Å². The number of aliphatic hydroxyl groups excluding tert-OH is 1. The van der Waals surface area contributed by atoms with Crippen molar-refractivity contribution in [2.45, 2.75) is 6.61 Å². The normalized spacial score (nSPS) is 10.3. The fourth-order valence-corrected chi connectivity index (χ4v) is 2.04. The Morgan fingerprint density at radius 3 is 2.41 bits per heavy atom. The van der Waals surface area contributed by atoms with E-state index in [0.29, 0.717) is 5.02 Å². The Balaban J connectivity index is 2.44. The van der Waals surface area contributed by atoms with Gasteiger partial charge in [-0.3, -0.25) is 0 Å². The minimum absolute atomic E-state index is 0.0633. The first-order valence-corrected chi connectivity index (χ1v) is 5.79. The number of anilines is 2. The third-order valence-electron chi connectivity index (χ3n) is 2.76. The Hall–Kier alpha value is -1.51. The monoisotopic (exact) mass is 247 g/mol. The highest BCUT2D eigenvalue weighted by Crippen LogP contribution is 2.31. The van der Waals surface area contributed by atoms with Crippen molar-refractivity contribution in [1.82, 2.24) is 0 Å². The van der Waals surface area contributed by atoms with E-state index in [0.717, 1.165) is 16.9 Å². The SMILES string of the molecule is CN(c1ccccc1)c1cccc(Cl)c1CO. The van der Waals surface area contributed by atoms with Gasteiger partial charge in [-0.25, -0.2) is 0 Å². The van der Waals surface area contributed by atoms with Crippen LogP contribution in [0.5, 0.6) is 0 Å². The van der Waals surface area contributed by atoms with Gasteiger partial charge in [0.15, 0.2) is 0 Å². The number of para-hydroxylation sites is 1. The summed E-state index contributed by atoms with van der Waals surface area (Å²) in [4.78, 5) is 2.01. The summed E-state index contributed by atoms with van der Waals surface area (Å²) in [5, 5.41) is 9.97. The number of hydrogen-bond donors (Lipinski definition) is 1. The van der Waals surface area contributed by atoms with Crippen LogP contribution in [0.4, 0.5) is 11.4 Å². The number of halogens is 1. The minimum Gasteiger partial charge on any atom is -0.392 e. The molecule has 0 bridgehead atoms. The molecule has 0 radical (unpaired) electrons. The lowest BCUT2D eigenvalue weighted by molar-refractivity contribution is 0.282. The van der Waals surface area contributed by atoms with E-state index in [-0.39, 0.29) is 6.61 Å². The Kier molecular flexibility index (Phi) is 3.67. The minimum atomic E-state index is -0.0633. The lowest BCUT2D eigenvalue weighted by atomic mass is 10.1. The van der Waals surface area contributed by atoms with E-state index < -0.39 is 0 Å². The first kappa shape index (κ1) is 12.0. The molecule has 3 heteroatoms. The van der Waals surface area contributed by atoms with Gasteiger partial charge in [0.2, 0.25) is 0 Å². The fourth-order valence-electron chi connectivity index (χ4n) is 1.81. The predicted octanol–water partition coefficient (Wildman–Crippen LogP) is 3.60. The standard InChI is InChI=1S/C14H14ClNO/c1-16(11-6-3-2-4-7-11)14-9-5-8-13(15)12(14)10-17/h2-9,17H,10H2,1H3. The van der Waals surface area contributed by atoms with Crippen LogP contribution in [0, 0.1) is 0 Å². The molecule has 2 aromatic rings. The molecular formula is C14H14ClNO. The maximum absolute atomic E-state index is 9.38. The second-order valence-corrected chi connectivity index (χ2v) is 4.20. The summed E-state index contributed by atoms with van der Waals surface area (Å²) in [5.41, 5.74) is 2.73. The van der Waals surface area contributed by atoms with Gasteiger partial charge in [0.25, 0.3) is 0 Å². The average molecular weight is 248 g/mol. The molecule has 2 nitrogen and oxygen atoms in total. The second kappa shape index (κ2) is 5.21.